The minimum atomic E-state index is 0. The molecule has 1 unspecified atom stereocenters. The second kappa shape index (κ2) is 4.45. The molecule has 3 heteroatoms. The Morgan fingerprint density at radius 1 is 1.46 bits per heavy atom. The zero-order chi connectivity index (χ0) is 8.55. The van der Waals surface area contributed by atoms with Crippen LogP contribution < -0.4 is 0 Å². The Kier molecular flexibility index (Phi) is 3.77. The van der Waals surface area contributed by atoms with Gasteiger partial charge in [0, 0.05) is 10.9 Å². The van der Waals surface area contributed by atoms with E-state index in [1.165, 1.54) is 19.3 Å². The van der Waals surface area contributed by atoms with Crippen LogP contribution in [0.3, 0.4) is 0 Å². The Bertz CT molecular complexity index is 270. The van der Waals surface area contributed by atoms with Gasteiger partial charge in [0.25, 0.3) is 0 Å². The average molecular weight is 218 g/mol. The Morgan fingerprint density at radius 3 is 2.92 bits per heavy atom. The van der Waals surface area contributed by atoms with Gasteiger partial charge < -0.3 is 4.90 Å². The van der Waals surface area contributed by atoms with Crippen LogP contribution in [0.5, 0.6) is 0 Å². The number of hydrogen-bond acceptors (Lipinski definition) is 2. The van der Waals surface area contributed by atoms with E-state index in [1.807, 2.05) is 11.3 Å². The first-order valence-electron chi connectivity index (χ1n) is 4.49. The summed E-state index contributed by atoms with van der Waals surface area (Å²) < 4.78 is 0. The molecule has 2 rings (SSSR count). The van der Waals surface area contributed by atoms with Crippen LogP contribution >= 0.6 is 23.7 Å². The van der Waals surface area contributed by atoms with E-state index >= 15 is 0 Å². The fourth-order valence-electron chi connectivity index (χ4n) is 1.86. The first-order valence-corrected chi connectivity index (χ1v) is 5.37. The molecule has 1 nitrogen and oxygen atoms in total. The van der Waals surface area contributed by atoms with Gasteiger partial charge in [-0.05, 0) is 50.4 Å². The van der Waals surface area contributed by atoms with Crippen LogP contribution in [0, 0.1) is 0 Å². The topological polar surface area (TPSA) is 3.24 Å². The third-order valence-corrected chi connectivity index (χ3v) is 3.75. The number of aryl methyl sites for hydroxylation is 1. The van der Waals surface area contributed by atoms with Gasteiger partial charge in [0.05, 0.1) is 0 Å². The maximum absolute atomic E-state index is 2.35. The second-order valence-electron chi connectivity index (χ2n) is 3.73. The SMILES string of the molecule is CN(C)C1CCc2sccc2C1.Cl. The molecule has 0 saturated carbocycles. The van der Waals surface area contributed by atoms with E-state index in [1.54, 1.807) is 10.4 Å². The van der Waals surface area contributed by atoms with Crippen LogP contribution in [0.2, 0.25) is 0 Å². The van der Waals surface area contributed by atoms with Crippen LogP contribution in [0.4, 0.5) is 0 Å². The monoisotopic (exact) mass is 217 g/mol. The third-order valence-electron chi connectivity index (χ3n) is 2.73. The Labute approximate surface area is 90.2 Å². The lowest BCUT2D eigenvalue weighted by Crippen LogP contribution is -2.32. The zero-order valence-corrected chi connectivity index (χ0v) is 9.75. The molecule has 1 aliphatic carbocycles. The molecule has 0 radical (unpaired) electrons. The fraction of sp³-hybridized carbons (Fsp3) is 0.600. The van der Waals surface area contributed by atoms with E-state index in [2.05, 4.69) is 30.4 Å². The van der Waals surface area contributed by atoms with Gasteiger partial charge in [0.1, 0.15) is 0 Å². The van der Waals surface area contributed by atoms with Crippen LogP contribution in [0.15, 0.2) is 11.4 Å². The van der Waals surface area contributed by atoms with E-state index in [0.717, 1.165) is 6.04 Å². The second-order valence-corrected chi connectivity index (χ2v) is 4.73. The summed E-state index contributed by atoms with van der Waals surface area (Å²) in [6, 6.07) is 3.06. The van der Waals surface area contributed by atoms with Crippen molar-refractivity contribution >= 4 is 23.7 Å². The number of rotatable bonds is 1. The maximum atomic E-state index is 2.35. The van der Waals surface area contributed by atoms with Gasteiger partial charge in [-0.15, -0.1) is 23.7 Å². The van der Waals surface area contributed by atoms with E-state index in [4.69, 9.17) is 0 Å². The van der Waals surface area contributed by atoms with Crippen molar-refractivity contribution in [3.63, 3.8) is 0 Å². The quantitative estimate of drug-likeness (QED) is 0.699. The standard InChI is InChI=1S/C10H15NS.ClH/c1-11(2)9-3-4-10-8(7-9)5-6-12-10;/h5-6,9H,3-4,7H2,1-2H3;1H. The van der Waals surface area contributed by atoms with Crippen molar-refractivity contribution in [3.8, 4) is 0 Å². The lowest BCUT2D eigenvalue weighted by atomic mass is 9.94. The van der Waals surface area contributed by atoms with Crippen LogP contribution in [0.25, 0.3) is 0 Å². The van der Waals surface area contributed by atoms with Crippen molar-refractivity contribution in [3.05, 3.63) is 21.9 Å². The molecule has 1 atom stereocenters. The molecule has 13 heavy (non-hydrogen) atoms. The predicted molar refractivity (Wildman–Crippen MR) is 61.1 cm³/mol. The summed E-state index contributed by atoms with van der Waals surface area (Å²) in [4.78, 5) is 3.97. The number of nitrogens with zero attached hydrogens (tertiary/aromatic N) is 1. The summed E-state index contributed by atoms with van der Waals surface area (Å²) >= 11 is 1.92. The predicted octanol–water partition coefficient (Wildman–Crippen LogP) is 2.59. The molecular weight excluding hydrogens is 202 g/mol. The molecule has 0 N–H and O–H groups in total. The highest BCUT2D eigenvalue weighted by Crippen LogP contribution is 2.27. The minimum absolute atomic E-state index is 0. The third kappa shape index (κ3) is 2.25. The number of fused-ring (bicyclic) bond motifs is 1. The highest BCUT2D eigenvalue weighted by Gasteiger charge is 2.20. The zero-order valence-electron chi connectivity index (χ0n) is 8.12. The lowest BCUT2D eigenvalue weighted by molar-refractivity contribution is 0.269. The molecule has 0 saturated heterocycles. The Morgan fingerprint density at radius 2 is 2.23 bits per heavy atom. The van der Waals surface area contributed by atoms with E-state index in [9.17, 15) is 0 Å². The molecule has 0 amide bonds. The van der Waals surface area contributed by atoms with E-state index in [0.29, 0.717) is 0 Å². The highest BCUT2D eigenvalue weighted by atomic mass is 35.5. The average Bonchev–Trinajstić information content (AvgIpc) is 2.49. The molecule has 0 aliphatic heterocycles. The largest absolute Gasteiger partial charge is 0.306 e. The maximum Gasteiger partial charge on any atom is 0.0133 e. The smallest absolute Gasteiger partial charge is 0.0133 e. The van der Waals surface area contributed by atoms with Crippen molar-refractivity contribution in [1.29, 1.82) is 0 Å². The molecular formula is C10H16ClNS. The Balaban J connectivity index is 0.000000845. The van der Waals surface area contributed by atoms with Crippen LogP contribution in [-0.4, -0.2) is 25.0 Å². The molecule has 0 fully saturated rings. The van der Waals surface area contributed by atoms with Crippen molar-refractivity contribution in [2.24, 2.45) is 0 Å². The minimum Gasteiger partial charge on any atom is -0.306 e. The summed E-state index contributed by atoms with van der Waals surface area (Å²) in [6.07, 6.45) is 3.88. The highest BCUT2D eigenvalue weighted by molar-refractivity contribution is 7.10. The number of halogens is 1. The van der Waals surface area contributed by atoms with Crippen LogP contribution in [-0.2, 0) is 12.8 Å². The number of hydrogen-bond donors (Lipinski definition) is 0. The first kappa shape index (κ1) is 11.0. The molecule has 74 valence electrons. The summed E-state index contributed by atoms with van der Waals surface area (Å²) in [6.45, 7) is 0. The van der Waals surface area contributed by atoms with Gasteiger partial charge in [-0.25, -0.2) is 0 Å². The molecule has 1 aliphatic rings. The van der Waals surface area contributed by atoms with E-state index in [-0.39, 0.29) is 12.4 Å². The summed E-state index contributed by atoms with van der Waals surface area (Å²) in [7, 11) is 4.37. The van der Waals surface area contributed by atoms with Crippen molar-refractivity contribution in [2.75, 3.05) is 14.1 Å². The molecule has 1 aromatic heterocycles. The molecule has 0 aromatic carbocycles. The number of likely N-dealkylation sites (N-methyl/N-ethyl adjacent to an activating group) is 1. The van der Waals surface area contributed by atoms with Gasteiger partial charge in [-0.3, -0.25) is 0 Å². The lowest BCUT2D eigenvalue weighted by Gasteiger charge is -2.27. The van der Waals surface area contributed by atoms with Crippen molar-refractivity contribution in [1.82, 2.24) is 4.90 Å². The van der Waals surface area contributed by atoms with Gasteiger partial charge in [0.2, 0.25) is 0 Å². The molecule has 0 spiro atoms. The van der Waals surface area contributed by atoms with Gasteiger partial charge in [-0.1, -0.05) is 0 Å². The van der Waals surface area contributed by atoms with Gasteiger partial charge in [0.15, 0.2) is 0 Å². The van der Waals surface area contributed by atoms with Crippen molar-refractivity contribution in [2.45, 2.75) is 25.3 Å². The Hall–Kier alpha value is -0.0500. The number of thiophene rings is 1. The normalized spacial score (nSPS) is 21.0. The molecule has 1 aromatic rings. The molecule has 1 heterocycles. The van der Waals surface area contributed by atoms with Gasteiger partial charge >= 0.3 is 0 Å². The summed E-state index contributed by atoms with van der Waals surface area (Å²) in [5, 5.41) is 2.22. The van der Waals surface area contributed by atoms with Crippen molar-refractivity contribution < 1.29 is 0 Å². The summed E-state index contributed by atoms with van der Waals surface area (Å²) in [5.74, 6) is 0. The van der Waals surface area contributed by atoms with Gasteiger partial charge in [-0.2, -0.15) is 0 Å². The fourth-order valence-corrected chi connectivity index (χ4v) is 2.80. The van der Waals surface area contributed by atoms with E-state index < -0.39 is 0 Å². The molecule has 0 bridgehead atoms. The first-order chi connectivity index (χ1) is 5.77. The summed E-state index contributed by atoms with van der Waals surface area (Å²) in [5.41, 5.74) is 1.59. The van der Waals surface area contributed by atoms with Crippen LogP contribution in [0.1, 0.15) is 16.9 Å².